The predicted molar refractivity (Wildman–Crippen MR) is 121 cm³/mol. The van der Waals surface area contributed by atoms with Gasteiger partial charge in [-0.2, -0.15) is 0 Å². The van der Waals surface area contributed by atoms with Gasteiger partial charge in [-0.25, -0.2) is 4.98 Å². The number of fused-ring (bicyclic) bond motifs is 1. The predicted octanol–water partition coefficient (Wildman–Crippen LogP) is 5.00. The molecule has 0 unspecified atom stereocenters. The van der Waals surface area contributed by atoms with E-state index in [2.05, 4.69) is 15.6 Å². The standard InChI is InChI=1S/C23H21N3O4S/c1-3-19-17(16-6-4-5-7-20(16)30-19)9-11-22(28)26-23-25-18(13-31-23)21-10-8-15(29-21)12-24-14(2)27/h4-11,13H,3,12H2,1-2H3,(H,24,27)(H,25,26,28)/b11-9+. The number of nitrogens with one attached hydrogen (secondary N) is 2. The van der Waals surface area contributed by atoms with Gasteiger partial charge in [-0.15, -0.1) is 11.3 Å². The zero-order valence-corrected chi connectivity index (χ0v) is 17.9. The Bertz CT molecular complexity index is 1260. The fraction of sp³-hybridized carbons (Fsp3) is 0.174. The maximum Gasteiger partial charge on any atom is 0.250 e. The lowest BCUT2D eigenvalue weighted by atomic mass is 10.1. The second-order valence-electron chi connectivity index (χ2n) is 6.82. The molecule has 0 bridgehead atoms. The molecule has 0 aliphatic carbocycles. The van der Waals surface area contributed by atoms with E-state index in [0.29, 0.717) is 28.9 Å². The zero-order chi connectivity index (χ0) is 21.8. The van der Waals surface area contributed by atoms with Crippen LogP contribution in [0.2, 0.25) is 0 Å². The molecule has 8 heteroatoms. The number of para-hydroxylation sites is 1. The third-order valence-corrected chi connectivity index (χ3v) is 5.35. The molecule has 158 valence electrons. The summed E-state index contributed by atoms with van der Waals surface area (Å²) in [6.07, 6.45) is 3.99. The maximum atomic E-state index is 12.4. The monoisotopic (exact) mass is 435 g/mol. The summed E-state index contributed by atoms with van der Waals surface area (Å²) < 4.78 is 11.6. The Labute approximate surface area is 182 Å². The van der Waals surface area contributed by atoms with Crippen LogP contribution in [0.25, 0.3) is 28.5 Å². The Kier molecular flexibility index (Phi) is 5.99. The number of rotatable bonds is 7. The molecule has 0 atom stereocenters. The first-order valence-electron chi connectivity index (χ1n) is 9.82. The Morgan fingerprint density at radius 3 is 2.81 bits per heavy atom. The molecule has 0 radical (unpaired) electrons. The van der Waals surface area contributed by atoms with Crippen molar-refractivity contribution < 1.29 is 18.4 Å². The number of aryl methyl sites for hydroxylation is 1. The van der Waals surface area contributed by atoms with Crippen molar-refractivity contribution >= 4 is 45.3 Å². The third kappa shape index (κ3) is 4.75. The highest BCUT2D eigenvalue weighted by atomic mass is 32.1. The van der Waals surface area contributed by atoms with Gasteiger partial charge in [0, 0.05) is 35.8 Å². The van der Waals surface area contributed by atoms with Crippen LogP contribution in [0.15, 0.2) is 56.7 Å². The lowest BCUT2D eigenvalue weighted by Gasteiger charge is -1.98. The summed E-state index contributed by atoms with van der Waals surface area (Å²) in [7, 11) is 0. The van der Waals surface area contributed by atoms with Crippen molar-refractivity contribution in [3.8, 4) is 11.5 Å². The summed E-state index contributed by atoms with van der Waals surface area (Å²) in [5, 5.41) is 8.71. The minimum atomic E-state index is -0.279. The van der Waals surface area contributed by atoms with Crippen LogP contribution >= 0.6 is 11.3 Å². The van der Waals surface area contributed by atoms with Gasteiger partial charge in [0.25, 0.3) is 0 Å². The molecule has 4 aromatic rings. The van der Waals surface area contributed by atoms with Gasteiger partial charge >= 0.3 is 0 Å². The number of hydrogen-bond acceptors (Lipinski definition) is 6. The van der Waals surface area contributed by atoms with Crippen molar-refractivity contribution in [2.24, 2.45) is 0 Å². The first kappa shape index (κ1) is 20.6. The fourth-order valence-corrected chi connectivity index (χ4v) is 3.84. The Hall–Kier alpha value is -3.65. The van der Waals surface area contributed by atoms with Gasteiger partial charge in [-0.05, 0) is 24.3 Å². The van der Waals surface area contributed by atoms with Crippen LogP contribution in [0.5, 0.6) is 0 Å². The van der Waals surface area contributed by atoms with E-state index >= 15 is 0 Å². The van der Waals surface area contributed by atoms with E-state index in [0.717, 1.165) is 28.7 Å². The summed E-state index contributed by atoms with van der Waals surface area (Å²) in [6.45, 7) is 3.78. The number of nitrogens with zero attached hydrogens (tertiary/aromatic N) is 1. The molecule has 2 N–H and O–H groups in total. The Morgan fingerprint density at radius 2 is 2.00 bits per heavy atom. The molecule has 7 nitrogen and oxygen atoms in total. The van der Waals surface area contributed by atoms with Crippen molar-refractivity contribution in [2.75, 3.05) is 5.32 Å². The molecule has 31 heavy (non-hydrogen) atoms. The van der Waals surface area contributed by atoms with Crippen LogP contribution < -0.4 is 10.6 Å². The molecule has 0 saturated heterocycles. The molecule has 0 aliphatic rings. The van der Waals surface area contributed by atoms with Gasteiger partial charge in [0.15, 0.2) is 10.9 Å². The minimum absolute atomic E-state index is 0.126. The van der Waals surface area contributed by atoms with Crippen molar-refractivity contribution in [3.63, 3.8) is 0 Å². The number of furan rings is 2. The molecule has 0 saturated carbocycles. The number of anilines is 1. The van der Waals surface area contributed by atoms with Gasteiger partial charge in [-0.3, -0.25) is 14.9 Å². The van der Waals surface area contributed by atoms with Crippen LogP contribution in [-0.4, -0.2) is 16.8 Å². The summed E-state index contributed by atoms with van der Waals surface area (Å²) in [5.41, 5.74) is 2.34. The van der Waals surface area contributed by atoms with Gasteiger partial charge < -0.3 is 14.2 Å². The van der Waals surface area contributed by atoms with E-state index in [-0.39, 0.29) is 11.8 Å². The number of thiazole rings is 1. The molecule has 1 aromatic carbocycles. The highest BCUT2D eigenvalue weighted by Crippen LogP contribution is 2.28. The van der Waals surface area contributed by atoms with Gasteiger partial charge in [0.1, 0.15) is 22.8 Å². The SMILES string of the molecule is CCc1oc2ccccc2c1/C=C/C(=O)Nc1nc(-c2ccc(CNC(C)=O)o2)cs1. The summed E-state index contributed by atoms with van der Waals surface area (Å²) in [6, 6.07) is 11.3. The number of amides is 2. The molecular weight excluding hydrogens is 414 g/mol. The van der Waals surface area contributed by atoms with Gasteiger partial charge in [0.2, 0.25) is 11.8 Å². The van der Waals surface area contributed by atoms with Crippen molar-refractivity contribution in [1.29, 1.82) is 0 Å². The third-order valence-electron chi connectivity index (χ3n) is 4.59. The maximum absolute atomic E-state index is 12.4. The Morgan fingerprint density at radius 1 is 1.16 bits per heavy atom. The van der Waals surface area contributed by atoms with E-state index in [1.165, 1.54) is 24.3 Å². The summed E-state index contributed by atoms with van der Waals surface area (Å²) >= 11 is 1.31. The highest BCUT2D eigenvalue weighted by molar-refractivity contribution is 7.14. The van der Waals surface area contributed by atoms with E-state index in [9.17, 15) is 9.59 Å². The quantitative estimate of drug-likeness (QED) is 0.398. The van der Waals surface area contributed by atoms with Crippen molar-refractivity contribution in [2.45, 2.75) is 26.8 Å². The number of carbonyl (C=O) groups is 2. The lowest BCUT2D eigenvalue weighted by molar-refractivity contribution is -0.119. The average molecular weight is 436 g/mol. The average Bonchev–Trinajstić information content (AvgIpc) is 3.48. The number of aromatic nitrogens is 1. The molecule has 0 spiro atoms. The van der Waals surface area contributed by atoms with Crippen LogP contribution in [0.4, 0.5) is 5.13 Å². The molecule has 0 aliphatic heterocycles. The van der Waals surface area contributed by atoms with E-state index < -0.39 is 0 Å². The van der Waals surface area contributed by atoms with Gasteiger partial charge in [0.05, 0.1) is 6.54 Å². The van der Waals surface area contributed by atoms with Crippen LogP contribution in [-0.2, 0) is 22.6 Å². The fourth-order valence-electron chi connectivity index (χ4n) is 3.13. The molecular formula is C23H21N3O4S. The van der Waals surface area contributed by atoms with E-state index in [4.69, 9.17) is 8.83 Å². The first-order valence-corrected chi connectivity index (χ1v) is 10.7. The van der Waals surface area contributed by atoms with E-state index in [1.807, 2.05) is 31.2 Å². The number of hydrogen-bond donors (Lipinski definition) is 2. The lowest BCUT2D eigenvalue weighted by Crippen LogP contribution is -2.18. The van der Waals surface area contributed by atoms with Crippen LogP contribution in [0.3, 0.4) is 0 Å². The molecule has 3 aromatic heterocycles. The number of carbonyl (C=O) groups excluding carboxylic acids is 2. The van der Waals surface area contributed by atoms with Crippen LogP contribution in [0.1, 0.15) is 30.9 Å². The summed E-state index contributed by atoms with van der Waals surface area (Å²) in [5.74, 6) is 1.64. The smallest absolute Gasteiger partial charge is 0.250 e. The second-order valence-corrected chi connectivity index (χ2v) is 7.68. The van der Waals surface area contributed by atoms with Crippen LogP contribution in [0, 0.1) is 0 Å². The first-order chi connectivity index (χ1) is 15.0. The molecule has 0 fully saturated rings. The minimum Gasteiger partial charge on any atom is -0.460 e. The van der Waals surface area contributed by atoms with Crippen molar-refractivity contribution in [3.05, 3.63) is 64.9 Å². The topological polar surface area (TPSA) is 97.4 Å². The zero-order valence-electron chi connectivity index (χ0n) is 17.1. The van der Waals surface area contributed by atoms with Gasteiger partial charge in [-0.1, -0.05) is 25.1 Å². The van der Waals surface area contributed by atoms with Crippen molar-refractivity contribution in [1.82, 2.24) is 10.3 Å². The molecule has 3 heterocycles. The second kappa shape index (κ2) is 9.01. The largest absolute Gasteiger partial charge is 0.460 e. The van der Waals surface area contributed by atoms with E-state index in [1.54, 1.807) is 23.6 Å². The summed E-state index contributed by atoms with van der Waals surface area (Å²) in [4.78, 5) is 27.8. The highest BCUT2D eigenvalue weighted by Gasteiger charge is 2.12. The Balaban J connectivity index is 1.43. The molecule has 4 rings (SSSR count). The molecule has 2 amide bonds. The normalized spacial score (nSPS) is 11.3. The number of benzene rings is 1.